The van der Waals surface area contributed by atoms with Gasteiger partial charge in [-0.25, -0.2) is 0 Å². The van der Waals surface area contributed by atoms with E-state index < -0.39 is 6.04 Å². The Kier molecular flexibility index (Phi) is 8.93. The molecule has 0 aromatic heterocycles. The molecule has 5 heteroatoms. The van der Waals surface area contributed by atoms with Crippen molar-refractivity contribution in [3.8, 4) is 5.75 Å². The van der Waals surface area contributed by atoms with Gasteiger partial charge in [-0.2, -0.15) is 0 Å². The standard InChI is InChI=1S/C28H38N2O3/c1-5-26(28(32)29-24-12-7-6-8-13-24)30(18-23-11-9-10-20(2)16-23)27(31)19-33-25-15-14-21(3)22(4)17-25/h9-11,14-17,24,26H,5-8,12-13,18-19H2,1-4H3,(H,29,32)/t26-/m0/s1. The van der Waals surface area contributed by atoms with Gasteiger partial charge < -0.3 is 15.0 Å². The van der Waals surface area contributed by atoms with Crippen LogP contribution in [-0.4, -0.2) is 35.4 Å². The highest BCUT2D eigenvalue weighted by Crippen LogP contribution is 2.20. The molecule has 178 valence electrons. The van der Waals surface area contributed by atoms with E-state index in [1.54, 1.807) is 4.90 Å². The fourth-order valence-corrected chi connectivity index (χ4v) is 4.50. The van der Waals surface area contributed by atoms with Gasteiger partial charge in [0.1, 0.15) is 11.8 Å². The minimum Gasteiger partial charge on any atom is -0.484 e. The first kappa shape index (κ1) is 24.8. The molecule has 0 aliphatic heterocycles. The highest BCUT2D eigenvalue weighted by Gasteiger charge is 2.30. The molecule has 0 radical (unpaired) electrons. The van der Waals surface area contributed by atoms with E-state index in [1.165, 1.54) is 12.0 Å². The summed E-state index contributed by atoms with van der Waals surface area (Å²) in [6.07, 6.45) is 6.12. The maximum Gasteiger partial charge on any atom is 0.261 e. The molecule has 2 aromatic carbocycles. The Morgan fingerprint density at radius 3 is 2.45 bits per heavy atom. The van der Waals surface area contributed by atoms with Crippen LogP contribution in [0.4, 0.5) is 0 Å². The molecule has 1 N–H and O–H groups in total. The first-order chi connectivity index (χ1) is 15.9. The lowest BCUT2D eigenvalue weighted by Crippen LogP contribution is -2.52. The number of benzene rings is 2. The third kappa shape index (κ3) is 7.08. The second kappa shape index (κ2) is 11.9. The van der Waals surface area contributed by atoms with Crippen LogP contribution in [0, 0.1) is 20.8 Å². The lowest BCUT2D eigenvalue weighted by Gasteiger charge is -2.32. The van der Waals surface area contributed by atoms with E-state index in [4.69, 9.17) is 4.74 Å². The molecule has 1 fully saturated rings. The van der Waals surface area contributed by atoms with Crippen LogP contribution in [0.1, 0.15) is 67.7 Å². The molecule has 0 bridgehead atoms. The van der Waals surface area contributed by atoms with Crippen molar-refractivity contribution in [1.29, 1.82) is 0 Å². The summed E-state index contributed by atoms with van der Waals surface area (Å²) < 4.78 is 5.85. The van der Waals surface area contributed by atoms with Gasteiger partial charge in [0, 0.05) is 12.6 Å². The number of rotatable bonds is 9. The summed E-state index contributed by atoms with van der Waals surface area (Å²) in [5.41, 5.74) is 4.44. The van der Waals surface area contributed by atoms with Gasteiger partial charge in [-0.3, -0.25) is 9.59 Å². The average molecular weight is 451 g/mol. The van der Waals surface area contributed by atoms with Gasteiger partial charge in [-0.15, -0.1) is 0 Å². The van der Waals surface area contributed by atoms with Crippen LogP contribution in [0.3, 0.4) is 0 Å². The zero-order valence-electron chi connectivity index (χ0n) is 20.5. The van der Waals surface area contributed by atoms with Gasteiger partial charge in [0.15, 0.2) is 6.61 Å². The van der Waals surface area contributed by atoms with Crippen molar-refractivity contribution in [2.75, 3.05) is 6.61 Å². The van der Waals surface area contributed by atoms with E-state index in [0.717, 1.165) is 42.4 Å². The highest BCUT2D eigenvalue weighted by molar-refractivity contribution is 5.88. The van der Waals surface area contributed by atoms with Gasteiger partial charge >= 0.3 is 0 Å². The topological polar surface area (TPSA) is 58.6 Å². The molecule has 33 heavy (non-hydrogen) atoms. The minimum atomic E-state index is -0.525. The first-order valence-corrected chi connectivity index (χ1v) is 12.2. The van der Waals surface area contributed by atoms with Crippen LogP contribution < -0.4 is 10.1 Å². The Bertz CT molecular complexity index is 950. The van der Waals surface area contributed by atoms with Crippen LogP contribution >= 0.6 is 0 Å². The van der Waals surface area contributed by atoms with Crippen molar-refractivity contribution in [3.63, 3.8) is 0 Å². The van der Waals surface area contributed by atoms with E-state index in [0.29, 0.717) is 18.7 Å². The number of nitrogens with one attached hydrogen (secondary N) is 1. The normalized spacial score (nSPS) is 15.0. The van der Waals surface area contributed by atoms with Gasteiger partial charge in [-0.05, 0) is 68.9 Å². The van der Waals surface area contributed by atoms with E-state index in [2.05, 4.69) is 11.4 Å². The molecule has 0 heterocycles. The van der Waals surface area contributed by atoms with Crippen LogP contribution in [-0.2, 0) is 16.1 Å². The van der Waals surface area contributed by atoms with Crippen LogP contribution in [0.15, 0.2) is 42.5 Å². The second-order valence-corrected chi connectivity index (χ2v) is 9.31. The third-order valence-electron chi connectivity index (χ3n) is 6.61. The van der Waals surface area contributed by atoms with Crippen molar-refractivity contribution in [2.45, 2.75) is 84.8 Å². The number of amides is 2. The smallest absolute Gasteiger partial charge is 0.261 e. The van der Waals surface area contributed by atoms with Gasteiger partial charge in [0.05, 0.1) is 0 Å². The predicted octanol–water partition coefficient (Wildman–Crippen LogP) is 5.25. The maximum atomic E-state index is 13.4. The van der Waals surface area contributed by atoms with Crippen LogP contribution in [0.5, 0.6) is 5.75 Å². The molecule has 0 saturated heterocycles. The molecule has 5 nitrogen and oxygen atoms in total. The molecule has 3 rings (SSSR count). The Morgan fingerprint density at radius 1 is 1.03 bits per heavy atom. The monoisotopic (exact) mass is 450 g/mol. The summed E-state index contributed by atoms with van der Waals surface area (Å²) >= 11 is 0. The van der Waals surface area contributed by atoms with Crippen molar-refractivity contribution in [2.24, 2.45) is 0 Å². The lowest BCUT2D eigenvalue weighted by atomic mass is 9.95. The fourth-order valence-electron chi connectivity index (χ4n) is 4.50. The van der Waals surface area contributed by atoms with Gasteiger partial charge in [-0.1, -0.05) is 62.1 Å². The quantitative estimate of drug-likeness (QED) is 0.568. The number of carbonyl (C=O) groups is 2. The lowest BCUT2D eigenvalue weighted by molar-refractivity contribution is -0.143. The van der Waals surface area contributed by atoms with Crippen molar-refractivity contribution < 1.29 is 14.3 Å². The van der Waals surface area contributed by atoms with E-state index in [1.807, 2.05) is 64.1 Å². The Hall–Kier alpha value is -2.82. The molecule has 0 unspecified atom stereocenters. The molecule has 2 aromatic rings. The number of aryl methyl sites for hydroxylation is 3. The SMILES string of the molecule is CC[C@@H](C(=O)NC1CCCCC1)N(Cc1cccc(C)c1)C(=O)COc1ccc(C)c(C)c1. The van der Waals surface area contributed by atoms with Gasteiger partial charge in [0.2, 0.25) is 5.91 Å². The number of nitrogens with zero attached hydrogens (tertiary/aromatic N) is 1. The number of hydrogen-bond donors (Lipinski definition) is 1. The van der Waals surface area contributed by atoms with E-state index in [9.17, 15) is 9.59 Å². The predicted molar refractivity (Wildman–Crippen MR) is 132 cm³/mol. The Labute approximate surface area is 198 Å². The zero-order valence-corrected chi connectivity index (χ0v) is 20.5. The van der Waals surface area contributed by atoms with Crippen molar-refractivity contribution in [3.05, 3.63) is 64.7 Å². The molecule has 1 atom stereocenters. The first-order valence-electron chi connectivity index (χ1n) is 12.2. The summed E-state index contributed by atoms with van der Waals surface area (Å²) in [5, 5.41) is 3.22. The molecule has 2 amide bonds. The largest absolute Gasteiger partial charge is 0.484 e. The maximum absolute atomic E-state index is 13.4. The van der Waals surface area contributed by atoms with E-state index in [-0.39, 0.29) is 24.5 Å². The summed E-state index contributed by atoms with van der Waals surface area (Å²) in [5.74, 6) is 0.429. The highest BCUT2D eigenvalue weighted by atomic mass is 16.5. The molecular weight excluding hydrogens is 412 g/mol. The summed E-state index contributed by atoms with van der Waals surface area (Å²) in [6, 6.07) is 13.6. The summed E-state index contributed by atoms with van der Waals surface area (Å²) in [7, 11) is 0. The Balaban J connectivity index is 1.76. The minimum absolute atomic E-state index is 0.0587. The molecule has 1 aliphatic carbocycles. The summed E-state index contributed by atoms with van der Waals surface area (Å²) in [6.45, 7) is 8.35. The second-order valence-electron chi connectivity index (χ2n) is 9.31. The summed E-state index contributed by atoms with van der Waals surface area (Å²) in [4.78, 5) is 28.3. The molecule has 1 saturated carbocycles. The number of carbonyl (C=O) groups excluding carboxylic acids is 2. The molecular formula is C28H38N2O3. The van der Waals surface area contributed by atoms with Crippen molar-refractivity contribution >= 4 is 11.8 Å². The molecule has 1 aliphatic rings. The van der Waals surface area contributed by atoms with Crippen LogP contribution in [0.25, 0.3) is 0 Å². The Morgan fingerprint density at radius 2 is 1.79 bits per heavy atom. The third-order valence-corrected chi connectivity index (χ3v) is 6.61. The van der Waals surface area contributed by atoms with Crippen LogP contribution in [0.2, 0.25) is 0 Å². The average Bonchev–Trinajstić information content (AvgIpc) is 2.80. The number of ether oxygens (including phenoxy) is 1. The molecule has 0 spiro atoms. The number of hydrogen-bond acceptors (Lipinski definition) is 3. The zero-order chi connectivity index (χ0) is 23.8. The fraction of sp³-hybridized carbons (Fsp3) is 0.500. The van der Waals surface area contributed by atoms with Gasteiger partial charge in [0.25, 0.3) is 5.91 Å². The van der Waals surface area contributed by atoms with E-state index >= 15 is 0 Å². The van der Waals surface area contributed by atoms with Crippen molar-refractivity contribution in [1.82, 2.24) is 10.2 Å².